The van der Waals surface area contributed by atoms with Crippen LogP contribution < -0.4 is 14.8 Å². The number of carboxylic acid groups (broad SMARTS) is 1. The summed E-state index contributed by atoms with van der Waals surface area (Å²) in [4.78, 5) is 23.0. The van der Waals surface area contributed by atoms with Gasteiger partial charge in [-0.2, -0.15) is 0 Å². The highest BCUT2D eigenvalue weighted by atomic mass is 79.9. The molecule has 9 heteroatoms. The molecule has 0 heterocycles. The summed E-state index contributed by atoms with van der Waals surface area (Å²) in [6.07, 6.45) is 0. The van der Waals surface area contributed by atoms with E-state index in [4.69, 9.17) is 9.47 Å². The van der Waals surface area contributed by atoms with Gasteiger partial charge in [-0.15, -0.1) is 0 Å². The Morgan fingerprint density at radius 3 is 2.10 bits per heavy atom. The third-order valence-corrected chi connectivity index (χ3v) is 4.29. The summed E-state index contributed by atoms with van der Waals surface area (Å²) >= 11 is 9.42. The van der Waals surface area contributed by atoms with Gasteiger partial charge in [0.15, 0.2) is 11.5 Å². The lowest BCUT2D eigenvalue weighted by Gasteiger charge is -2.18. The first-order valence-corrected chi connectivity index (χ1v) is 7.81. The number of rotatable bonds is 5. The molecule has 2 N–H and O–H groups in total. The Hall–Kier alpha value is -0.800. The number of hydrogen-bond acceptors (Lipinski definition) is 4. The standard InChI is InChI=1S/C11H10Br3NO5/c1-19-9-6(13)5(11(17)18)8(15-4(16)3-12)10(20-2)7(9)14/h3H2,1-2H3,(H,15,16)(H,17,18). The van der Waals surface area contributed by atoms with Crippen molar-refractivity contribution in [3.8, 4) is 11.5 Å². The van der Waals surface area contributed by atoms with Gasteiger partial charge in [0.2, 0.25) is 5.91 Å². The molecular formula is C11H10Br3NO5. The van der Waals surface area contributed by atoms with Gasteiger partial charge in [-0.1, -0.05) is 15.9 Å². The van der Waals surface area contributed by atoms with E-state index < -0.39 is 11.9 Å². The monoisotopic (exact) mass is 473 g/mol. The third kappa shape index (κ3) is 3.26. The number of hydrogen-bond donors (Lipinski definition) is 2. The average Bonchev–Trinajstić information content (AvgIpc) is 2.38. The Bertz CT molecular complexity index is 562. The van der Waals surface area contributed by atoms with Crippen molar-refractivity contribution >= 4 is 65.4 Å². The number of halogens is 3. The summed E-state index contributed by atoms with van der Waals surface area (Å²) in [6.45, 7) is 0. The number of aromatic carboxylic acids is 1. The number of benzene rings is 1. The van der Waals surface area contributed by atoms with Crippen LogP contribution in [0, 0.1) is 0 Å². The number of ether oxygens (including phenoxy) is 2. The van der Waals surface area contributed by atoms with Gasteiger partial charge >= 0.3 is 5.97 Å². The highest BCUT2D eigenvalue weighted by Crippen LogP contribution is 2.48. The molecule has 0 saturated heterocycles. The predicted octanol–water partition coefficient (Wildman–Crippen LogP) is 3.26. The largest absolute Gasteiger partial charge is 0.494 e. The first kappa shape index (κ1) is 17.3. The average molecular weight is 476 g/mol. The molecule has 1 rings (SSSR count). The second kappa shape index (κ2) is 7.28. The predicted molar refractivity (Wildman–Crippen MR) is 84.3 cm³/mol. The van der Waals surface area contributed by atoms with Crippen molar-refractivity contribution in [1.82, 2.24) is 0 Å². The molecule has 6 nitrogen and oxygen atoms in total. The third-order valence-electron chi connectivity index (χ3n) is 2.30. The molecule has 0 aliphatic heterocycles. The molecule has 1 amide bonds. The summed E-state index contributed by atoms with van der Waals surface area (Å²) < 4.78 is 10.9. The lowest BCUT2D eigenvalue weighted by molar-refractivity contribution is -0.113. The van der Waals surface area contributed by atoms with Crippen LogP contribution in [0.4, 0.5) is 5.69 Å². The van der Waals surface area contributed by atoms with Gasteiger partial charge in [0.05, 0.1) is 24.0 Å². The number of carbonyl (C=O) groups excluding carboxylic acids is 1. The van der Waals surface area contributed by atoms with Crippen molar-refractivity contribution in [2.45, 2.75) is 0 Å². The molecule has 1 aromatic carbocycles. The molecule has 20 heavy (non-hydrogen) atoms. The van der Waals surface area contributed by atoms with E-state index in [-0.39, 0.29) is 32.6 Å². The van der Waals surface area contributed by atoms with E-state index in [0.717, 1.165) is 0 Å². The maximum absolute atomic E-state index is 11.5. The second-order valence-corrected chi connectivity index (χ2v) is 5.58. The molecule has 0 aliphatic rings. The Morgan fingerprint density at radius 1 is 1.15 bits per heavy atom. The van der Waals surface area contributed by atoms with E-state index >= 15 is 0 Å². The summed E-state index contributed by atoms with van der Waals surface area (Å²) in [5, 5.41) is 11.9. The van der Waals surface area contributed by atoms with Gasteiger partial charge < -0.3 is 19.9 Å². The van der Waals surface area contributed by atoms with Crippen molar-refractivity contribution in [2.75, 3.05) is 24.9 Å². The summed E-state index contributed by atoms with van der Waals surface area (Å²) in [7, 11) is 2.76. The minimum absolute atomic E-state index is 0.0243. The molecule has 0 bridgehead atoms. The molecule has 0 radical (unpaired) electrons. The SMILES string of the molecule is COc1c(Br)c(OC)c(NC(=O)CBr)c(C(=O)O)c1Br. The van der Waals surface area contributed by atoms with E-state index in [2.05, 4.69) is 53.1 Å². The van der Waals surface area contributed by atoms with Crippen LogP contribution in [-0.4, -0.2) is 36.5 Å². The molecule has 0 atom stereocenters. The fourth-order valence-corrected chi connectivity index (χ4v) is 3.36. The van der Waals surface area contributed by atoms with Gasteiger partial charge in [0.25, 0.3) is 0 Å². The zero-order valence-electron chi connectivity index (χ0n) is 10.4. The maximum atomic E-state index is 11.5. The van der Waals surface area contributed by atoms with Crippen LogP contribution in [-0.2, 0) is 4.79 Å². The first-order valence-electron chi connectivity index (χ1n) is 5.11. The van der Waals surface area contributed by atoms with E-state index in [1.165, 1.54) is 14.2 Å². The van der Waals surface area contributed by atoms with Gasteiger partial charge in [-0.05, 0) is 31.9 Å². The van der Waals surface area contributed by atoms with Gasteiger partial charge in [-0.3, -0.25) is 4.79 Å². The fourth-order valence-electron chi connectivity index (χ4n) is 1.51. The first-order chi connectivity index (χ1) is 9.38. The molecule has 0 saturated carbocycles. The topological polar surface area (TPSA) is 84.9 Å². The zero-order valence-corrected chi connectivity index (χ0v) is 15.2. The van der Waals surface area contributed by atoms with Crippen LogP contribution in [0.15, 0.2) is 8.95 Å². The Balaban J connectivity index is 3.68. The van der Waals surface area contributed by atoms with E-state index in [1.54, 1.807) is 0 Å². The molecule has 0 aromatic heterocycles. The van der Waals surface area contributed by atoms with E-state index in [9.17, 15) is 14.7 Å². The number of nitrogens with one attached hydrogen (secondary N) is 1. The maximum Gasteiger partial charge on any atom is 0.339 e. The highest BCUT2D eigenvalue weighted by Gasteiger charge is 2.28. The molecular weight excluding hydrogens is 466 g/mol. The minimum Gasteiger partial charge on any atom is -0.494 e. The zero-order chi connectivity index (χ0) is 15.4. The molecule has 0 spiro atoms. The number of alkyl halides is 1. The van der Waals surface area contributed by atoms with Crippen LogP contribution in [0.5, 0.6) is 11.5 Å². The lowest BCUT2D eigenvalue weighted by atomic mass is 10.1. The van der Waals surface area contributed by atoms with Crippen LogP contribution in [0.1, 0.15) is 10.4 Å². The summed E-state index contributed by atoms with van der Waals surface area (Å²) in [5.41, 5.74) is -0.111. The van der Waals surface area contributed by atoms with Gasteiger partial charge in [0.1, 0.15) is 15.7 Å². The molecule has 0 fully saturated rings. The summed E-state index contributed by atoms with van der Waals surface area (Å²) in [6, 6.07) is 0. The highest BCUT2D eigenvalue weighted by molar-refractivity contribution is 9.11. The van der Waals surface area contributed by atoms with Crippen LogP contribution in [0.2, 0.25) is 0 Å². The molecule has 0 aliphatic carbocycles. The normalized spacial score (nSPS) is 10.1. The van der Waals surface area contributed by atoms with Crippen molar-refractivity contribution in [1.29, 1.82) is 0 Å². The lowest BCUT2D eigenvalue weighted by Crippen LogP contribution is -2.17. The smallest absolute Gasteiger partial charge is 0.339 e. The fraction of sp³-hybridized carbons (Fsp3) is 0.273. The number of carbonyl (C=O) groups is 2. The quantitative estimate of drug-likeness (QED) is 0.638. The number of anilines is 1. The number of amides is 1. The van der Waals surface area contributed by atoms with Gasteiger partial charge in [0, 0.05) is 0 Å². The van der Waals surface area contributed by atoms with Crippen LogP contribution in [0.3, 0.4) is 0 Å². The van der Waals surface area contributed by atoms with E-state index in [0.29, 0.717) is 4.47 Å². The number of methoxy groups -OCH3 is 2. The van der Waals surface area contributed by atoms with Crippen molar-refractivity contribution in [2.24, 2.45) is 0 Å². The molecule has 110 valence electrons. The van der Waals surface area contributed by atoms with Crippen molar-refractivity contribution in [3.05, 3.63) is 14.5 Å². The van der Waals surface area contributed by atoms with Crippen LogP contribution >= 0.6 is 47.8 Å². The van der Waals surface area contributed by atoms with E-state index in [1.807, 2.05) is 0 Å². The van der Waals surface area contributed by atoms with Crippen molar-refractivity contribution in [3.63, 3.8) is 0 Å². The second-order valence-electron chi connectivity index (χ2n) is 3.43. The number of carboxylic acids is 1. The Morgan fingerprint density at radius 2 is 1.70 bits per heavy atom. The Kier molecular flexibility index (Phi) is 6.28. The van der Waals surface area contributed by atoms with Crippen LogP contribution in [0.25, 0.3) is 0 Å². The van der Waals surface area contributed by atoms with Crippen molar-refractivity contribution < 1.29 is 24.2 Å². The summed E-state index contributed by atoms with van der Waals surface area (Å²) in [5.74, 6) is -1.21. The Labute approximate surface area is 140 Å². The van der Waals surface area contributed by atoms with Gasteiger partial charge in [-0.25, -0.2) is 4.79 Å². The molecule has 1 aromatic rings. The molecule has 0 unspecified atom stereocenters. The minimum atomic E-state index is -1.23.